The zero-order valence-electron chi connectivity index (χ0n) is 13.2. The van der Waals surface area contributed by atoms with E-state index in [1.165, 1.54) is 18.2 Å². The Hall–Kier alpha value is -1.39. The molecule has 26 heavy (non-hydrogen) atoms. The number of halogens is 8. The van der Waals surface area contributed by atoms with Crippen molar-refractivity contribution in [3.8, 4) is 5.75 Å². The fourth-order valence-corrected chi connectivity index (χ4v) is 2.95. The number of benzene rings is 1. The average Bonchev–Trinajstić information content (AvgIpc) is 2.45. The molecular weight excluding hydrogens is 401 g/mol. The minimum absolute atomic E-state index is 0.135. The number of alkyl halides is 8. The van der Waals surface area contributed by atoms with Crippen LogP contribution in [0.4, 0.5) is 35.1 Å². The van der Waals surface area contributed by atoms with Gasteiger partial charge in [-0.15, -0.1) is 0 Å². The van der Waals surface area contributed by atoms with Gasteiger partial charge in [-0.2, -0.15) is 26.3 Å². The van der Waals surface area contributed by atoms with Gasteiger partial charge in [0.25, 0.3) is 0 Å². The molecule has 13 heteroatoms. The molecule has 1 aromatic rings. The van der Waals surface area contributed by atoms with Crippen molar-refractivity contribution >= 4 is 7.75 Å². The highest BCUT2D eigenvalue weighted by Gasteiger charge is 2.80. The molecule has 4 nitrogen and oxygen atoms in total. The van der Waals surface area contributed by atoms with E-state index in [1.54, 1.807) is 0 Å². The van der Waals surface area contributed by atoms with Crippen LogP contribution < -0.4 is 10.0 Å². The molecule has 0 saturated carbocycles. The molecule has 0 aliphatic heterocycles. The summed E-state index contributed by atoms with van der Waals surface area (Å²) in [5, 5.41) is 0. The van der Waals surface area contributed by atoms with E-state index in [4.69, 9.17) is 5.50 Å². The van der Waals surface area contributed by atoms with E-state index in [-0.39, 0.29) is 19.6 Å². The van der Waals surface area contributed by atoms with Crippen molar-refractivity contribution in [1.29, 1.82) is 0 Å². The monoisotopic (exact) mass is 415 g/mol. The second-order valence-electron chi connectivity index (χ2n) is 5.62. The van der Waals surface area contributed by atoms with Gasteiger partial charge < -0.3 is 4.52 Å². The normalized spacial score (nSPS) is 16.5. The van der Waals surface area contributed by atoms with Crippen LogP contribution in [0, 0.1) is 0 Å². The van der Waals surface area contributed by atoms with Gasteiger partial charge in [0.15, 0.2) is 0 Å². The first-order valence-corrected chi connectivity index (χ1v) is 8.35. The van der Waals surface area contributed by atoms with Gasteiger partial charge in [0.2, 0.25) is 0 Å². The SMILES string of the molecule is CC(C)(OP(N)(=O)Oc1ccccc1)C(F)(F)C(F)(F)C(F)(F)C(F)F. The van der Waals surface area contributed by atoms with Crippen LogP contribution in [0.2, 0.25) is 0 Å². The zero-order chi connectivity index (χ0) is 20.6. The van der Waals surface area contributed by atoms with Crippen molar-refractivity contribution in [2.24, 2.45) is 5.50 Å². The standard InChI is InChI=1S/C13H14F8NO3P/c1-10(2,12(18,19)13(20,21)11(16,17)9(14)15)25-26(22,23)24-8-6-4-3-5-7-8/h3-7,9H,1-2H3,(H2,22,23). The van der Waals surface area contributed by atoms with Crippen LogP contribution in [0.15, 0.2) is 30.3 Å². The number of nitrogens with two attached hydrogens (primary N) is 1. The topological polar surface area (TPSA) is 61.5 Å². The Kier molecular flexibility index (Phi) is 6.07. The fraction of sp³-hybridized carbons (Fsp3) is 0.538. The lowest BCUT2D eigenvalue weighted by molar-refractivity contribution is -0.366. The van der Waals surface area contributed by atoms with Crippen molar-refractivity contribution in [2.75, 3.05) is 0 Å². The first kappa shape index (κ1) is 22.7. The van der Waals surface area contributed by atoms with Gasteiger partial charge in [-0.05, 0) is 26.0 Å². The highest BCUT2D eigenvalue weighted by molar-refractivity contribution is 7.51. The maximum absolute atomic E-state index is 14.0. The van der Waals surface area contributed by atoms with E-state index in [9.17, 15) is 39.7 Å². The Labute approximate surface area is 142 Å². The largest absolute Gasteiger partial charge is 0.456 e. The van der Waals surface area contributed by atoms with Crippen LogP contribution in [-0.2, 0) is 9.09 Å². The molecule has 0 amide bonds. The summed E-state index contributed by atoms with van der Waals surface area (Å²) in [5.41, 5.74) is 1.37. The van der Waals surface area contributed by atoms with Crippen molar-refractivity contribution in [2.45, 2.75) is 43.6 Å². The van der Waals surface area contributed by atoms with Gasteiger partial charge in [0.05, 0.1) is 0 Å². The van der Waals surface area contributed by atoms with E-state index in [0.29, 0.717) is 0 Å². The molecule has 0 radical (unpaired) electrons. The maximum Gasteiger partial charge on any atom is 0.456 e. The molecule has 1 aromatic carbocycles. The van der Waals surface area contributed by atoms with Gasteiger partial charge in [-0.25, -0.2) is 18.9 Å². The van der Waals surface area contributed by atoms with Gasteiger partial charge in [0, 0.05) is 0 Å². The molecule has 0 spiro atoms. The molecule has 2 N–H and O–H groups in total. The minimum Gasteiger partial charge on any atom is -0.413 e. The lowest BCUT2D eigenvalue weighted by Gasteiger charge is -2.41. The predicted molar refractivity (Wildman–Crippen MR) is 74.9 cm³/mol. The molecule has 0 aromatic heterocycles. The fourth-order valence-electron chi connectivity index (χ4n) is 1.75. The highest BCUT2D eigenvalue weighted by atomic mass is 31.2. The Morgan fingerprint density at radius 1 is 0.962 bits per heavy atom. The lowest BCUT2D eigenvalue weighted by atomic mass is 9.91. The van der Waals surface area contributed by atoms with Crippen LogP contribution in [0.5, 0.6) is 5.75 Å². The van der Waals surface area contributed by atoms with Gasteiger partial charge in [-0.1, -0.05) is 18.2 Å². The average molecular weight is 415 g/mol. The summed E-state index contributed by atoms with van der Waals surface area (Å²) in [4.78, 5) is 0. The molecule has 1 rings (SSSR count). The van der Waals surface area contributed by atoms with Crippen LogP contribution >= 0.6 is 7.75 Å². The third-order valence-corrected chi connectivity index (χ3v) is 4.35. The third-order valence-electron chi connectivity index (χ3n) is 3.17. The summed E-state index contributed by atoms with van der Waals surface area (Å²) < 4.78 is 126. The molecular formula is C13H14F8NO3P. The number of rotatable bonds is 8. The molecule has 0 fully saturated rings. The molecule has 150 valence electrons. The summed E-state index contributed by atoms with van der Waals surface area (Å²) in [6.45, 7) is 0.270. The van der Waals surface area contributed by atoms with Crippen molar-refractivity contribution < 1.29 is 48.7 Å². The van der Waals surface area contributed by atoms with E-state index < -0.39 is 37.5 Å². The quantitative estimate of drug-likeness (QED) is 0.474. The van der Waals surface area contributed by atoms with Crippen LogP contribution in [0.25, 0.3) is 0 Å². The van der Waals surface area contributed by atoms with Gasteiger partial charge in [-0.3, -0.25) is 4.52 Å². The van der Waals surface area contributed by atoms with Gasteiger partial charge in [0.1, 0.15) is 11.4 Å². The Balaban J connectivity index is 3.16. The van der Waals surface area contributed by atoms with E-state index in [1.807, 2.05) is 0 Å². The second kappa shape index (κ2) is 6.97. The van der Waals surface area contributed by atoms with Crippen molar-refractivity contribution in [3.05, 3.63) is 30.3 Å². The first-order chi connectivity index (χ1) is 11.5. The highest BCUT2D eigenvalue weighted by Crippen LogP contribution is 2.57. The number of para-hydroxylation sites is 1. The molecule has 0 saturated heterocycles. The molecule has 1 unspecified atom stereocenters. The Morgan fingerprint density at radius 2 is 1.42 bits per heavy atom. The summed E-state index contributed by atoms with van der Waals surface area (Å²) in [6.07, 6.45) is -5.09. The first-order valence-electron chi connectivity index (χ1n) is 6.73. The summed E-state index contributed by atoms with van der Waals surface area (Å²) in [6, 6.07) is 6.51. The summed E-state index contributed by atoms with van der Waals surface area (Å²) >= 11 is 0. The van der Waals surface area contributed by atoms with Gasteiger partial charge >= 0.3 is 31.9 Å². The molecule has 0 aliphatic carbocycles. The Morgan fingerprint density at radius 3 is 1.85 bits per heavy atom. The van der Waals surface area contributed by atoms with E-state index >= 15 is 0 Å². The molecule has 1 atom stereocenters. The minimum atomic E-state index is -6.55. The zero-order valence-corrected chi connectivity index (χ0v) is 14.1. The molecule has 0 aliphatic rings. The summed E-state index contributed by atoms with van der Waals surface area (Å²) in [5.74, 6) is -19.1. The van der Waals surface area contributed by atoms with Crippen LogP contribution in [0.1, 0.15) is 13.8 Å². The predicted octanol–water partition coefficient (Wildman–Crippen LogP) is 5.10. The number of hydrogen-bond donors (Lipinski definition) is 1. The molecule has 0 heterocycles. The molecule has 0 bridgehead atoms. The van der Waals surface area contributed by atoms with Crippen LogP contribution in [-0.4, -0.2) is 29.8 Å². The lowest BCUT2D eigenvalue weighted by Crippen LogP contribution is -2.65. The van der Waals surface area contributed by atoms with Crippen LogP contribution in [0.3, 0.4) is 0 Å². The third kappa shape index (κ3) is 4.12. The summed E-state index contributed by atoms with van der Waals surface area (Å²) in [7, 11) is -5.02. The maximum atomic E-state index is 14.0. The second-order valence-corrected chi connectivity index (χ2v) is 7.06. The van der Waals surface area contributed by atoms with E-state index in [0.717, 1.165) is 12.1 Å². The smallest absolute Gasteiger partial charge is 0.413 e. The Bertz CT molecular complexity index is 669. The van der Waals surface area contributed by atoms with Crippen molar-refractivity contribution in [1.82, 2.24) is 0 Å². The van der Waals surface area contributed by atoms with Crippen molar-refractivity contribution in [3.63, 3.8) is 0 Å². The number of hydrogen-bond acceptors (Lipinski definition) is 3. The van der Waals surface area contributed by atoms with E-state index in [2.05, 4.69) is 9.05 Å².